The van der Waals surface area contributed by atoms with Crippen LogP contribution in [0.5, 0.6) is 5.75 Å². The molecule has 0 bridgehead atoms. The van der Waals surface area contributed by atoms with Crippen LogP contribution in [0, 0.1) is 0 Å². The lowest BCUT2D eigenvalue weighted by Gasteiger charge is -2.17. The second-order valence-electron chi connectivity index (χ2n) is 6.24. The van der Waals surface area contributed by atoms with E-state index in [1.165, 1.54) is 0 Å². The van der Waals surface area contributed by atoms with Gasteiger partial charge in [-0.1, -0.05) is 34.1 Å². The molecule has 0 spiro atoms. The summed E-state index contributed by atoms with van der Waals surface area (Å²) in [4.78, 5) is 25.7. The van der Waals surface area contributed by atoms with E-state index in [0.29, 0.717) is 12.2 Å². The summed E-state index contributed by atoms with van der Waals surface area (Å²) in [5, 5.41) is 2.92. The standard InChI is InChI=1S/C20H21BrN2O3/c1-14(17-5-2-3-6-18(17)21)22-19(24)13-26-16-10-8-15(9-11-16)23-12-4-7-20(23)25/h2-3,5-6,8-11,14H,4,7,12-13H2,1H3,(H,22,24)/t14-/m1/s1. The first-order chi connectivity index (χ1) is 12.5. The molecule has 3 rings (SSSR count). The second-order valence-corrected chi connectivity index (χ2v) is 7.10. The Balaban J connectivity index is 1.51. The van der Waals surface area contributed by atoms with Crippen molar-refractivity contribution >= 4 is 33.4 Å². The van der Waals surface area contributed by atoms with Gasteiger partial charge in [-0.3, -0.25) is 9.59 Å². The number of ether oxygens (including phenoxy) is 1. The average molecular weight is 417 g/mol. The van der Waals surface area contributed by atoms with Gasteiger partial charge in [-0.15, -0.1) is 0 Å². The summed E-state index contributed by atoms with van der Waals surface area (Å²) in [5.41, 5.74) is 1.88. The van der Waals surface area contributed by atoms with Gasteiger partial charge in [0.05, 0.1) is 6.04 Å². The minimum atomic E-state index is -0.188. The predicted molar refractivity (Wildman–Crippen MR) is 104 cm³/mol. The third-order valence-corrected chi connectivity index (χ3v) is 5.06. The molecule has 2 aromatic rings. The lowest BCUT2D eigenvalue weighted by molar-refractivity contribution is -0.123. The van der Waals surface area contributed by atoms with Crippen molar-refractivity contribution < 1.29 is 14.3 Å². The number of nitrogens with one attached hydrogen (secondary N) is 1. The van der Waals surface area contributed by atoms with E-state index in [9.17, 15) is 9.59 Å². The number of carbonyl (C=O) groups excluding carboxylic acids is 2. The third-order valence-electron chi connectivity index (χ3n) is 4.34. The summed E-state index contributed by atoms with van der Waals surface area (Å²) >= 11 is 3.49. The summed E-state index contributed by atoms with van der Waals surface area (Å²) in [6.07, 6.45) is 1.50. The lowest BCUT2D eigenvalue weighted by Crippen LogP contribution is -2.31. The Morgan fingerprint density at radius 3 is 2.62 bits per heavy atom. The lowest BCUT2D eigenvalue weighted by atomic mass is 10.1. The normalized spacial score (nSPS) is 15.0. The van der Waals surface area contributed by atoms with Crippen LogP contribution in [0.3, 0.4) is 0 Å². The molecule has 1 saturated heterocycles. The van der Waals surface area contributed by atoms with Gasteiger partial charge in [0.15, 0.2) is 6.61 Å². The van der Waals surface area contributed by atoms with Crippen LogP contribution in [0.2, 0.25) is 0 Å². The van der Waals surface area contributed by atoms with Gasteiger partial charge in [-0.25, -0.2) is 0 Å². The maximum atomic E-state index is 12.1. The Labute approximate surface area is 161 Å². The molecule has 1 N–H and O–H groups in total. The van der Waals surface area contributed by atoms with Gasteiger partial charge in [-0.2, -0.15) is 0 Å². The molecule has 1 fully saturated rings. The molecule has 1 atom stereocenters. The highest BCUT2D eigenvalue weighted by atomic mass is 79.9. The van der Waals surface area contributed by atoms with Crippen molar-refractivity contribution in [3.63, 3.8) is 0 Å². The van der Waals surface area contributed by atoms with Gasteiger partial charge < -0.3 is 15.0 Å². The quantitative estimate of drug-likeness (QED) is 0.777. The zero-order valence-electron chi connectivity index (χ0n) is 14.6. The molecule has 136 valence electrons. The number of halogens is 1. The van der Waals surface area contributed by atoms with E-state index in [2.05, 4.69) is 21.2 Å². The second kappa shape index (κ2) is 8.36. The number of hydrogen-bond donors (Lipinski definition) is 1. The van der Waals surface area contributed by atoms with Crippen molar-refractivity contribution in [2.45, 2.75) is 25.8 Å². The molecule has 2 aromatic carbocycles. The first-order valence-electron chi connectivity index (χ1n) is 8.61. The molecule has 0 aliphatic carbocycles. The molecule has 1 heterocycles. The van der Waals surface area contributed by atoms with Crippen molar-refractivity contribution in [3.05, 3.63) is 58.6 Å². The highest BCUT2D eigenvalue weighted by molar-refractivity contribution is 9.10. The van der Waals surface area contributed by atoms with Gasteiger partial charge >= 0.3 is 0 Å². The van der Waals surface area contributed by atoms with E-state index < -0.39 is 0 Å². The first kappa shape index (κ1) is 18.5. The van der Waals surface area contributed by atoms with Crippen LogP contribution in [0.25, 0.3) is 0 Å². The van der Waals surface area contributed by atoms with E-state index in [4.69, 9.17) is 4.74 Å². The van der Waals surface area contributed by atoms with Gasteiger partial charge in [0.25, 0.3) is 5.91 Å². The van der Waals surface area contributed by atoms with Crippen LogP contribution in [0.15, 0.2) is 53.0 Å². The fraction of sp³-hybridized carbons (Fsp3) is 0.300. The summed E-state index contributed by atoms with van der Waals surface area (Å²) < 4.78 is 6.51. The van der Waals surface area contributed by atoms with E-state index in [-0.39, 0.29) is 24.5 Å². The Morgan fingerprint density at radius 1 is 1.23 bits per heavy atom. The molecule has 1 aliphatic rings. The van der Waals surface area contributed by atoms with Gasteiger partial charge in [-0.05, 0) is 49.2 Å². The van der Waals surface area contributed by atoms with Crippen LogP contribution < -0.4 is 15.0 Å². The smallest absolute Gasteiger partial charge is 0.258 e. The number of hydrogen-bond acceptors (Lipinski definition) is 3. The maximum Gasteiger partial charge on any atom is 0.258 e. The summed E-state index contributed by atoms with van der Waals surface area (Å²) in [6, 6.07) is 14.9. The molecular formula is C20H21BrN2O3. The molecule has 6 heteroatoms. The molecule has 0 radical (unpaired) electrons. The molecule has 2 amide bonds. The summed E-state index contributed by atoms with van der Waals surface area (Å²) in [6.45, 7) is 2.63. The Morgan fingerprint density at radius 2 is 1.96 bits per heavy atom. The van der Waals surface area contributed by atoms with Gasteiger partial charge in [0.1, 0.15) is 5.75 Å². The highest BCUT2D eigenvalue weighted by Gasteiger charge is 2.21. The zero-order valence-corrected chi connectivity index (χ0v) is 16.2. The van der Waals surface area contributed by atoms with Crippen LogP contribution in [0.4, 0.5) is 5.69 Å². The number of amides is 2. The number of benzene rings is 2. The SMILES string of the molecule is C[C@@H](NC(=O)COc1ccc(N2CCCC2=O)cc1)c1ccccc1Br. The molecule has 26 heavy (non-hydrogen) atoms. The zero-order chi connectivity index (χ0) is 18.5. The van der Waals surface area contributed by atoms with Crippen LogP contribution in [-0.2, 0) is 9.59 Å². The highest BCUT2D eigenvalue weighted by Crippen LogP contribution is 2.24. The Bertz CT molecular complexity index is 792. The molecule has 1 aliphatic heterocycles. The van der Waals surface area contributed by atoms with Crippen molar-refractivity contribution in [2.75, 3.05) is 18.1 Å². The summed E-state index contributed by atoms with van der Waals surface area (Å²) in [5.74, 6) is 0.565. The minimum Gasteiger partial charge on any atom is -0.484 e. The topological polar surface area (TPSA) is 58.6 Å². The van der Waals surface area contributed by atoms with Gasteiger partial charge in [0, 0.05) is 23.1 Å². The fourth-order valence-electron chi connectivity index (χ4n) is 2.98. The van der Waals surface area contributed by atoms with E-state index in [0.717, 1.165) is 28.7 Å². The van der Waals surface area contributed by atoms with E-state index >= 15 is 0 Å². The van der Waals surface area contributed by atoms with E-state index in [1.54, 1.807) is 17.0 Å². The van der Waals surface area contributed by atoms with E-state index in [1.807, 2.05) is 43.3 Å². The number of anilines is 1. The van der Waals surface area contributed by atoms with Crippen molar-refractivity contribution in [1.82, 2.24) is 5.32 Å². The molecular weight excluding hydrogens is 396 g/mol. The Kier molecular flexibility index (Phi) is 5.93. The van der Waals surface area contributed by atoms with Crippen molar-refractivity contribution in [3.8, 4) is 5.75 Å². The minimum absolute atomic E-state index is 0.0587. The Hall–Kier alpha value is -2.34. The number of rotatable bonds is 6. The number of carbonyl (C=O) groups is 2. The van der Waals surface area contributed by atoms with Crippen LogP contribution in [0.1, 0.15) is 31.4 Å². The van der Waals surface area contributed by atoms with Crippen molar-refractivity contribution in [2.24, 2.45) is 0 Å². The maximum absolute atomic E-state index is 12.1. The summed E-state index contributed by atoms with van der Waals surface area (Å²) in [7, 11) is 0. The van der Waals surface area contributed by atoms with Crippen molar-refractivity contribution in [1.29, 1.82) is 0 Å². The molecule has 0 aromatic heterocycles. The largest absolute Gasteiger partial charge is 0.484 e. The first-order valence-corrected chi connectivity index (χ1v) is 9.41. The third kappa shape index (κ3) is 4.43. The van der Waals surface area contributed by atoms with Gasteiger partial charge in [0.2, 0.25) is 5.91 Å². The average Bonchev–Trinajstić information content (AvgIpc) is 3.06. The molecule has 5 nitrogen and oxygen atoms in total. The van der Waals surface area contributed by atoms with Crippen LogP contribution in [-0.4, -0.2) is 25.0 Å². The predicted octanol–water partition coefficient (Wildman–Crippen LogP) is 3.83. The van der Waals surface area contributed by atoms with Crippen LogP contribution >= 0.6 is 15.9 Å². The fourth-order valence-corrected chi connectivity index (χ4v) is 3.61. The monoisotopic (exact) mass is 416 g/mol. The number of nitrogens with zero attached hydrogens (tertiary/aromatic N) is 1. The molecule has 0 saturated carbocycles. The molecule has 0 unspecified atom stereocenters.